The van der Waals surface area contributed by atoms with Crippen LogP contribution in [0.5, 0.6) is 0 Å². The summed E-state index contributed by atoms with van der Waals surface area (Å²) < 4.78 is 5.20. The largest absolute Gasteiger partial charge is 0.475 e. The molecule has 0 aliphatic heterocycles. The lowest BCUT2D eigenvalue weighted by atomic mass is 10.1. The molecule has 0 aliphatic rings. The van der Waals surface area contributed by atoms with Gasteiger partial charge in [0.2, 0.25) is 11.7 Å². The molecule has 2 rings (SSSR count). The highest BCUT2D eigenvalue weighted by Gasteiger charge is 2.21. The number of amides is 1. The molecule has 6 nitrogen and oxygen atoms in total. The van der Waals surface area contributed by atoms with Gasteiger partial charge in [0.25, 0.3) is 0 Å². The zero-order valence-electron chi connectivity index (χ0n) is 11.7. The van der Waals surface area contributed by atoms with E-state index in [-0.39, 0.29) is 11.7 Å². The minimum atomic E-state index is -1.12. The summed E-state index contributed by atoms with van der Waals surface area (Å²) in [5.74, 6) is -1.08. The molecule has 1 aromatic carbocycles. The molecule has 0 saturated carbocycles. The molecule has 0 bridgehead atoms. The number of carboxylic acid groups (broad SMARTS) is 1. The van der Waals surface area contributed by atoms with Crippen LogP contribution in [0.15, 0.2) is 40.8 Å². The summed E-state index contributed by atoms with van der Waals surface area (Å²) in [4.78, 5) is 22.5. The average Bonchev–Trinajstić information content (AvgIpc) is 2.88. The Morgan fingerprint density at radius 1 is 1.14 bits per heavy atom. The first-order valence-corrected chi connectivity index (χ1v) is 6.31. The highest BCUT2D eigenvalue weighted by atomic mass is 16.4. The maximum absolute atomic E-state index is 11.7. The van der Waals surface area contributed by atoms with Gasteiger partial charge >= 0.3 is 5.97 Å². The van der Waals surface area contributed by atoms with Crippen molar-refractivity contribution < 1.29 is 19.1 Å². The van der Waals surface area contributed by atoms with Gasteiger partial charge in [-0.25, -0.2) is 4.79 Å². The Morgan fingerprint density at radius 3 is 2.24 bits per heavy atom. The average molecular weight is 288 g/mol. The van der Waals surface area contributed by atoms with Crippen molar-refractivity contribution in [3.05, 3.63) is 42.2 Å². The van der Waals surface area contributed by atoms with Crippen LogP contribution in [0.4, 0.5) is 5.69 Å². The normalized spacial score (nSPS) is 11.2. The van der Waals surface area contributed by atoms with Gasteiger partial charge in [0, 0.05) is 11.3 Å². The molecule has 0 fully saturated rings. The first-order chi connectivity index (χ1) is 9.77. The van der Waals surface area contributed by atoms with Crippen molar-refractivity contribution in [3.63, 3.8) is 0 Å². The SMILES string of the molecule is CC(C)(N)C(=O)Nc1ccc(-c2ccc(C(=O)O)o2)cc1. The Balaban J connectivity index is 2.15. The van der Waals surface area contributed by atoms with Crippen molar-refractivity contribution in [1.82, 2.24) is 0 Å². The summed E-state index contributed by atoms with van der Waals surface area (Å²) in [6.45, 7) is 3.24. The van der Waals surface area contributed by atoms with Crippen LogP contribution in [0.25, 0.3) is 11.3 Å². The number of benzene rings is 1. The molecule has 1 amide bonds. The number of nitrogens with one attached hydrogen (secondary N) is 1. The smallest absolute Gasteiger partial charge is 0.371 e. The molecule has 0 spiro atoms. The lowest BCUT2D eigenvalue weighted by Crippen LogP contribution is -2.45. The molecule has 1 aromatic heterocycles. The molecule has 21 heavy (non-hydrogen) atoms. The van der Waals surface area contributed by atoms with Crippen LogP contribution in [0.3, 0.4) is 0 Å². The molecule has 0 unspecified atom stereocenters. The number of anilines is 1. The van der Waals surface area contributed by atoms with Crippen molar-refractivity contribution in [1.29, 1.82) is 0 Å². The van der Waals surface area contributed by atoms with Crippen molar-refractivity contribution in [2.24, 2.45) is 5.73 Å². The molecule has 0 saturated heterocycles. The van der Waals surface area contributed by atoms with E-state index in [1.165, 1.54) is 6.07 Å². The van der Waals surface area contributed by atoms with E-state index < -0.39 is 11.5 Å². The van der Waals surface area contributed by atoms with Crippen LogP contribution in [0, 0.1) is 0 Å². The molecule has 110 valence electrons. The quantitative estimate of drug-likeness (QED) is 0.800. The fraction of sp³-hybridized carbons (Fsp3) is 0.200. The number of carbonyl (C=O) groups excluding carboxylic acids is 1. The molecule has 0 atom stereocenters. The zero-order chi connectivity index (χ0) is 15.6. The third kappa shape index (κ3) is 3.49. The summed E-state index contributed by atoms with van der Waals surface area (Å²) >= 11 is 0. The molecule has 1 heterocycles. The summed E-state index contributed by atoms with van der Waals surface area (Å²) in [6.07, 6.45) is 0. The van der Waals surface area contributed by atoms with Gasteiger partial charge < -0.3 is 20.6 Å². The molecular formula is C15H16N2O4. The number of hydrogen-bond acceptors (Lipinski definition) is 4. The lowest BCUT2D eigenvalue weighted by molar-refractivity contribution is -0.120. The van der Waals surface area contributed by atoms with E-state index >= 15 is 0 Å². The van der Waals surface area contributed by atoms with E-state index in [4.69, 9.17) is 15.3 Å². The van der Waals surface area contributed by atoms with Crippen molar-refractivity contribution in [2.45, 2.75) is 19.4 Å². The predicted octanol–water partition coefficient (Wildman–Crippen LogP) is 2.32. The van der Waals surface area contributed by atoms with Gasteiger partial charge in [-0.15, -0.1) is 0 Å². The molecule has 4 N–H and O–H groups in total. The predicted molar refractivity (Wildman–Crippen MR) is 78.0 cm³/mol. The van der Waals surface area contributed by atoms with Gasteiger partial charge in [-0.2, -0.15) is 0 Å². The third-order valence-corrected chi connectivity index (χ3v) is 2.83. The van der Waals surface area contributed by atoms with E-state index in [2.05, 4.69) is 5.32 Å². The van der Waals surface area contributed by atoms with Crippen LogP contribution >= 0.6 is 0 Å². The Bertz CT molecular complexity index is 666. The Kier molecular flexibility index (Phi) is 3.82. The van der Waals surface area contributed by atoms with E-state index in [1.807, 2.05) is 0 Å². The fourth-order valence-corrected chi connectivity index (χ4v) is 1.62. The van der Waals surface area contributed by atoms with Gasteiger partial charge in [0.15, 0.2) is 0 Å². The van der Waals surface area contributed by atoms with Crippen molar-refractivity contribution in [3.8, 4) is 11.3 Å². The summed E-state index contributed by atoms with van der Waals surface area (Å²) in [7, 11) is 0. The van der Waals surface area contributed by atoms with Gasteiger partial charge in [0.05, 0.1) is 5.54 Å². The highest BCUT2D eigenvalue weighted by molar-refractivity contribution is 5.97. The second kappa shape index (κ2) is 5.41. The maximum atomic E-state index is 11.7. The standard InChI is InChI=1S/C15H16N2O4/c1-15(2,16)14(20)17-10-5-3-9(4-6-10)11-7-8-12(21-11)13(18)19/h3-8H,16H2,1-2H3,(H,17,20)(H,18,19). The van der Waals surface area contributed by atoms with Crippen LogP contribution in [0.1, 0.15) is 24.4 Å². The molecule has 0 aliphatic carbocycles. The van der Waals surface area contributed by atoms with E-state index in [0.29, 0.717) is 17.0 Å². The van der Waals surface area contributed by atoms with Crippen LogP contribution in [0.2, 0.25) is 0 Å². The third-order valence-electron chi connectivity index (χ3n) is 2.83. The van der Waals surface area contributed by atoms with Crippen molar-refractivity contribution >= 4 is 17.6 Å². The first-order valence-electron chi connectivity index (χ1n) is 6.31. The molecule has 2 aromatic rings. The number of carbonyl (C=O) groups is 2. The number of hydrogen-bond donors (Lipinski definition) is 3. The second-order valence-electron chi connectivity index (χ2n) is 5.22. The summed E-state index contributed by atoms with van der Waals surface area (Å²) in [6, 6.07) is 9.82. The lowest BCUT2D eigenvalue weighted by Gasteiger charge is -2.17. The molecule has 0 radical (unpaired) electrons. The van der Waals surface area contributed by atoms with Gasteiger partial charge in [-0.3, -0.25) is 4.79 Å². The minimum Gasteiger partial charge on any atom is -0.475 e. The number of carboxylic acids is 1. The molecular weight excluding hydrogens is 272 g/mol. The van der Waals surface area contributed by atoms with E-state index in [9.17, 15) is 9.59 Å². The number of nitrogens with two attached hydrogens (primary N) is 1. The van der Waals surface area contributed by atoms with Crippen molar-refractivity contribution in [2.75, 3.05) is 5.32 Å². The first kappa shape index (κ1) is 14.8. The van der Waals surface area contributed by atoms with Crippen LogP contribution in [-0.4, -0.2) is 22.5 Å². The number of aromatic carboxylic acids is 1. The number of furan rings is 1. The highest BCUT2D eigenvalue weighted by Crippen LogP contribution is 2.24. The van der Waals surface area contributed by atoms with Crippen LogP contribution < -0.4 is 11.1 Å². The van der Waals surface area contributed by atoms with E-state index in [1.54, 1.807) is 44.2 Å². The Labute approximate surface area is 121 Å². The van der Waals surface area contributed by atoms with Gasteiger partial charge in [-0.1, -0.05) is 0 Å². The second-order valence-corrected chi connectivity index (χ2v) is 5.22. The zero-order valence-corrected chi connectivity index (χ0v) is 11.7. The topological polar surface area (TPSA) is 106 Å². The van der Waals surface area contributed by atoms with Gasteiger partial charge in [-0.05, 0) is 50.2 Å². The summed E-state index contributed by atoms with van der Waals surface area (Å²) in [5.41, 5.74) is 6.05. The Morgan fingerprint density at radius 2 is 1.76 bits per heavy atom. The van der Waals surface area contributed by atoms with Crippen LogP contribution in [-0.2, 0) is 4.79 Å². The van der Waals surface area contributed by atoms with E-state index in [0.717, 1.165) is 0 Å². The molecule has 6 heteroatoms. The minimum absolute atomic E-state index is 0.118. The number of rotatable bonds is 4. The fourth-order valence-electron chi connectivity index (χ4n) is 1.62. The maximum Gasteiger partial charge on any atom is 0.371 e. The monoisotopic (exact) mass is 288 g/mol. The summed E-state index contributed by atoms with van der Waals surface area (Å²) in [5, 5.41) is 11.5. The Hall–Kier alpha value is -2.60. The van der Waals surface area contributed by atoms with Gasteiger partial charge in [0.1, 0.15) is 5.76 Å².